The average Bonchev–Trinajstić information content (AvgIpc) is 2.14. The van der Waals surface area contributed by atoms with Crippen LogP contribution in [0.5, 0.6) is 0 Å². The van der Waals surface area contributed by atoms with Crippen molar-refractivity contribution in [3.8, 4) is 0 Å². The molecule has 0 saturated heterocycles. The Bertz CT molecular complexity index is 203. The van der Waals surface area contributed by atoms with Gasteiger partial charge >= 0.3 is 0 Å². The van der Waals surface area contributed by atoms with Crippen molar-refractivity contribution in [2.45, 2.75) is 46.6 Å². The molecule has 0 aliphatic heterocycles. The fourth-order valence-corrected chi connectivity index (χ4v) is 1.29. The zero-order chi connectivity index (χ0) is 12.6. The summed E-state index contributed by atoms with van der Waals surface area (Å²) in [6.45, 7) is 9.69. The van der Waals surface area contributed by atoms with Crippen molar-refractivity contribution < 1.29 is 9.90 Å². The fraction of sp³-hybridized carbons (Fsp3) is 0.917. The molecule has 4 nitrogen and oxygen atoms in total. The number of aliphatic hydroxyl groups is 1. The normalized spacial score (nSPS) is 11.9. The predicted molar refractivity (Wildman–Crippen MR) is 66.2 cm³/mol. The van der Waals surface area contributed by atoms with E-state index in [1.54, 1.807) is 0 Å². The summed E-state index contributed by atoms with van der Waals surface area (Å²) in [5.74, 6) is 0.0687. The number of carbonyl (C=O) groups is 1. The van der Waals surface area contributed by atoms with Gasteiger partial charge in [-0.3, -0.25) is 4.79 Å². The Morgan fingerprint density at radius 1 is 1.38 bits per heavy atom. The van der Waals surface area contributed by atoms with Crippen LogP contribution in [0, 0.1) is 5.41 Å². The van der Waals surface area contributed by atoms with Crippen LogP contribution in [0.1, 0.15) is 40.5 Å². The van der Waals surface area contributed by atoms with Crippen molar-refractivity contribution >= 4 is 5.91 Å². The average molecular weight is 230 g/mol. The second-order valence-electron chi connectivity index (χ2n) is 5.27. The molecule has 0 fully saturated rings. The molecule has 1 amide bonds. The minimum absolute atomic E-state index is 0.0319. The molecule has 0 saturated carbocycles. The predicted octanol–water partition coefficient (Wildman–Crippen LogP) is 0.899. The van der Waals surface area contributed by atoms with E-state index >= 15 is 0 Å². The van der Waals surface area contributed by atoms with Crippen molar-refractivity contribution in [3.05, 3.63) is 0 Å². The van der Waals surface area contributed by atoms with Crippen molar-refractivity contribution in [3.63, 3.8) is 0 Å². The summed E-state index contributed by atoms with van der Waals surface area (Å²) >= 11 is 0. The maximum atomic E-state index is 11.5. The highest BCUT2D eigenvalue weighted by molar-refractivity contribution is 5.76. The summed E-state index contributed by atoms with van der Waals surface area (Å²) in [4.78, 5) is 11.5. The van der Waals surface area contributed by atoms with Gasteiger partial charge in [-0.1, -0.05) is 27.7 Å². The quantitative estimate of drug-likeness (QED) is 0.580. The van der Waals surface area contributed by atoms with Crippen molar-refractivity contribution in [1.82, 2.24) is 10.6 Å². The van der Waals surface area contributed by atoms with Gasteiger partial charge in [-0.05, 0) is 11.8 Å². The third-order valence-electron chi connectivity index (χ3n) is 2.46. The van der Waals surface area contributed by atoms with Crippen molar-refractivity contribution in [1.29, 1.82) is 0 Å². The molecular weight excluding hydrogens is 204 g/mol. The van der Waals surface area contributed by atoms with Gasteiger partial charge in [0.2, 0.25) is 5.91 Å². The smallest absolute Gasteiger partial charge is 0.221 e. The third kappa shape index (κ3) is 8.68. The summed E-state index contributed by atoms with van der Waals surface area (Å²) in [6, 6.07) is 0.415. The third-order valence-corrected chi connectivity index (χ3v) is 2.46. The van der Waals surface area contributed by atoms with E-state index in [1.165, 1.54) is 0 Å². The molecule has 0 aliphatic rings. The van der Waals surface area contributed by atoms with Crippen LogP contribution >= 0.6 is 0 Å². The largest absolute Gasteiger partial charge is 0.396 e. The van der Waals surface area contributed by atoms with E-state index < -0.39 is 0 Å². The van der Waals surface area contributed by atoms with E-state index in [9.17, 15) is 4.79 Å². The second kappa shape index (κ2) is 7.63. The van der Waals surface area contributed by atoms with Crippen LogP contribution in [-0.4, -0.2) is 36.8 Å². The molecule has 0 radical (unpaired) electrons. The minimum Gasteiger partial charge on any atom is -0.396 e. The molecule has 0 rings (SSSR count). The van der Waals surface area contributed by atoms with Gasteiger partial charge in [0.25, 0.3) is 0 Å². The lowest BCUT2D eigenvalue weighted by molar-refractivity contribution is -0.121. The SMILES string of the molecule is CC(C)NCCC(=O)NCC(C)(C)CCO. The molecule has 0 bridgehead atoms. The molecule has 0 aromatic rings. The monoisotopic (exact) mass is 230 g/mol. The maximum Gasteiger partial charge on any atom is 0.221 e. The molecule has 0 aliphatic carbocycles. The van der Waals surface area contributed by atoms with Crippen LogP contribution in [0.15, 0.2) is 0 Å². The van der Waals surface area contributed by atoms with Crippen LogP contribution in [0.3, 0.4) is 0 Å². The van der Waals surface area contributed by atoms with E-state index in [2.05, 4.69) is 24.5 Å². The molecule has 96 valence electrons. The van der Waals surface area contributed by atoms with Gasteiger partial charge in [0.15, 0.2) is 0 Å². The first-order chi connectivity index (χ1) is 7.37. The topological polar surface area (TPSA) is 61.4 Å². The van der Waals surface area contributed by atoms with Gasteiger partial charge in [-0.2, -0.15) is 0 Å². The van der Waals surface area contributed by atoms with Gasteiger partial charge in [-0.25, -0.2) is 0 Å². The Morgan fingerprint density at radius 3 is 2.50 bits per heavy atom. The Balaban J connectivity index is 3.64. The molecule has 0 unspecified atom stereocenters. The summed E-state index contributed by atoms with van der Waals surface area (Å²) < 4.78 is 0. The molecule has 0 aromatic carbocycles. The number of carbonyl (C=O) groups excluding carboxylic acids is 1. The Hall–Kier alpha value is -0.610. The number of amides is 1. The lowest BCUT2D eigenvalue weighted by atomic mass is 9.90. The maximum absolute atomic E-state index is 11.5. The van der Waals surface area contributed by atoms with Crippen molar-refractivity contribution in [2.75, 3.05) is 19.7 Å². The lowest BCUT2D eigenvalue weighted by Gasteiger charge is -2.23. The first kappa shape index (κ1) is 15.4. The van der Waals surface area contributed by atoms with E-state index in [0.29, 0.717) is 32.0 Å². The summed E-state index contributed by atoms with van der Waals surface area (Å²) in [5, 5.41) is 14.9. The van der Waals surface area contributed by atoms with Gasteiger partial charge in [0.05, 0.1) is 0 Å². The van der Waals surface area contributed by atoms with E-state index in [-0.39, 0.29) is 17.9 Å². The van der Waals surface area contributed by atoms with Gasteiger partial charge in [0.1, 0.15) is 0 Å². The Labute approximate surface area is 98.8 Å². The number of aliphatic hydroxyl groups excluding tert-OH is 1. The van der Waals surface area contributed by atoms with Gasteiger partial charge < -0.3 is 15.7 Å². The van der Waals surface area contributed by atoms with Crippen LogP contribution in [0.25, 0.3) is 0 Å². The lowest BCUT2D eigenvalue weighted by Crippen LogP contribution is -2.36. The van der Waals surface area contributed by atoms with Crippen LogP contribution < -0.4 is 10.6 Å². The van der Waals surface area contributed by atoms with Crippen LogP contribution in [-0.2, 0) is 4.79 Å². The first-order valence-corrected chi connectivity index (χ1v) is 5.98. The highest BCUT2D eigenvalue weighted by atomic mass is 16.3. The summed E-state index contributed by atoms with van der Waals surface area (Å²) in [6.07, 6.45) is 1.21. The second-order valence-corrected chi connectivity index (χ2v) is 5.27. The van der Waals surface area contributed by atoms with Crippen LogP contribution in [0.4, 0.5) is 0 Å². The minimum atomic E-state index is -0.0319. The molecule has 0 heterocycles. The standard InChI is InChI=1S/C12H26N2O2/c1-10(2)13-7-5-11(16)14-9-12(3,4)6-8-15/h10,13,15H,5-9H2,1-4H3,(H,14,16). The zero-order valence-corrected chi connectivity index (χ0v) is 11.0. The summed E-state index contributed by atoms with van der Waals surface area (Å²) in [7, 11) is 0. The first-order valence-electron chi connectivity index (χ1n) is 5.98. The van der Waals surface area contributed by atoms with E-state index in [4.69, 9.17) is 5.11 Å². The van der Waals surface area contributed by atoms with Gasteiger partial charge in [0, 0.05) is 32.2 Å². The van der Waals surface area contributed by atoms with Gasteiger partial charge in [-0.15, -0.1) is 0 Å². The number of hydrogen-bond acceptors (Lipinski definition) is 3. The summed E-state index contributed by atoms with van der Waals surface area (Å²) in [5.41, 5.74) is -0.0319. The molecule has 0 aromatic heterocycles. The van der Waals surface area contributed by atoms with E-state index in [1.807, 2.05) is 13.8 Å². The number of rotatable bonds is 8. The fourth-order valence-electron chi connectivity index (χ4n) is 1.29. The molecular formula is C12H26N2O2. The zero-order valence-electron chi connectivity index (χ0n) is 11.0. The van der Waals surface area contributed by atoms with Crippen LogP contribution in [0.2, 0.25) is 0 Å². The highest BCUT2D eigenvalue weighted by Gasteiger charge is 2.17. The molecule has 3 N–H and O–H groups in total. The highest BCUT2D eigenvalue weighted by Crippen LogP contribution is 2.17. The molecule has 0 atom stereocenters. The molecule has 0 spiro atoms. The Morgan fingerprint density at radius 2 is 2.00 bits per heavy atom. The molecule has 4 heteroatoms. The number of nitrogens with one attached hydrogen (secondary N) is 2. The van der Waals surface area contributed by atoms with Crippen molar-refractivity contribution in [2.24, 2.45) is 5.41 Å². The van der Waals surface area contributed by atoms with E-state index in [0.717, 1.165) is 0 Å². The molecule has 16 heavy (non-hydrogen) atoms. The Kier molecular flexibility index (Phi) is 7.34. The number of hydrogen-bond donors (Lipinski definition) is 3.